The van der Waals surface area contributed by atoms with Gasteiger partial charge in [0.05, 0.1) is 25.4 Å². The number of carbonyl (C=O) groups excluding carboxylic acids is 2. The first-order chi connectivity index (χ1) is 12.0. The van der Waals surface area contributed by atoms with Crippen molar-refractivity contribution in [1.82, 2.24) is 24.8 Å². The van der Waals surface area contributed by atoms with Crippen LogP contribution in [0.5, 0.6) is 0 Å². The van der Waals surface area contributed by atoms with Crippen molar-refractivity contribution in [3.63, 3.8) is 0 Å². The maximum absolute atomic E-state index is 12.6. The molecule has 2 aromatic heterocycles. The Morgan fingerprint density at radius 2 is 2.04 bits per heavy atom. The Balaban J connectivity index is 1.62. The maximum atomic E-state index is 12.6. The van der Waals surface area contributed by atoms with Crippen molar-refractivity contribution in [3.8, 4) is 0 Å². The molecule has 3 rings (SSSR count). The minimum atomic E-state index is -0.198. The Morgan fingerprint density at radius 3 is 2.80 bits per heavy atom. The van der Waals surface area contributed by atoms with Crippen LogP contribution in [0.15, 0.2) is 18.6 Å². The molecule has 0 bridgehead atoms. The average Bonchev–Trinajstić information content (AvgIpc) is 3.16. The number of hydrogen-bond acceptors (Lipinski definition) is 6. The van der Waals surface area contributed by atoms with E-state index in [2.05, 4.69) is 20.2 Å². The Kier molecular flexibility index (Phi) is 4.98. The van der Waals surface area contributed by atoms with E-state index in [0.717, 1.165) is 12.8 Å². The number of esters is 1. The summed E-state index contributed by atoms with van der Waals surface area (Å²) in [5.41, 5.74) is 1.81. The monoisotopic (exact) mass is 345 g/mol. The molecule has 1 aliphatic heterocycles. The Bertz CT molecular complexity index is 788. The molecule has 1 amide bonds. The van der Waals surface area contributed by atoms with Gasteiger partial charge in [0.15, 0.2) is 5.65 Å². The van der Waals surface area contributed by atoms with Crippen LogP contribution in [0.1, 0.15) is 29.6 Å². The Hall–Kier alpha value is -2.48. The fourth-order valence-corrected chi connectivity index (χ4v) is 3.37. The van der Waals surface area contributed by atoms with Gasteiger partial charge in [-0.15, -0.1) is 0 Å². The van der Waals surface area contributed by atoms with Gasteiger partial charge in [-0.3, -0.25) is 14.5 Å². The van der Waals surface area contributed by atoms with Gasteiger partial charge in [0.25, 0.3) is 5.91 Å². The second-order valence-corrected chi connectivity index (χ2v) is 6.43. The number of ether oxygens (including phenoxy) is 1. The zero-order chi connectivity index (χ0) is 18.0. The third-order valence-corrected chi connectivity index (χ3v) is 4.96. The van der Waals surface area contributed by atoms with Crippen LogP contribution >= 0.6 is 0 Å². The van der Waals surface area contributed by atoms with Gasteiger partial charge in [-0.2, -0.15) is 0 Å². The SMILES string of the molecule is COC(=O)C[C@H]1CC[C@@H](CNC(=O)c2ccnc3c2ncn3C)N1C. The predicted molar refractivity (Wildman–Crippen MR) is 92.0 cm³/mol. The molecule has 1 N–H and O–H groups in total. The molecule has 0 saturated carbocycles. The van der Waals surface area contributed by atoms with Crippen molar-refractivity contribution in [1.29, 1.82) is 0 Å². The Labute approximate surface area is 146 Å². The van der Waals surface area contributed by atoms with Crippen molar-refractivity contribution in [2.45, 2.75) is 31.3 Å². The summed E-state index contributed by atoms with van der Waals surface area (Å²) in [5, 5.41) is 2.99. The number of amides is 1. The quantitative estimate of drug-likeness (QED) is 0.804. The predicted octanol–water partition coefficient (Wildman–Crippen LogP) is 0.724. The van der Waals surface area contributed by atoms with E-state index in [9.17, 15) is 9.59 Å². The molecule has 0 spiro atoms. The number of likely N-dealkylation sites (N-methyl/N-ethyl adjacent to an activating group) is 1. The lowest BCUT2D eigenvalue weighted by Crippen LogP contribution is -2.41. The molecule has 8 nitrogen and oxygen atoms in total. The number of hydrogen-bond donors (Lipinski definition) is 1. The van der Waals surface area contributed by atoms with Gasteiger partial charge < -0.3 is 14.6 Å². The molecule has 3 heterocycles. The average molecular weight is 345 g/mol. The zero-order valence-electron chi connectivity index (χ0n) is 14.7. The highest BCUT2D eigenvalue weighted by Gasteiger charge is 2.32. The molecule has 1 aliphatic rings. The zero-order valence-corrected chi connectivity index (χ0v) is 14.7. The van der Waals surface area contributed by atoms with Gasteiger partial charge in [-0.1, -0.05) is 0 Å². The summed E-state index contributed by atoms with van der Waals surface area (Å²) in [5.74, 6) is -0.355. The first kappa shape index (κ1) is 17.3. The van der Waals surface area contributed by atoms with E-state index in [-0.39, 0.29) is 24.0 Å². The molecular weight excluding hydrogens is 322 g/mol. The second kappa shape index (κ2) is 7.18. The lowest BCUT2D eigenvalue weighted by atomic mass is 10.1. The first-order valence-electron chi connectivity index (χ1n) is 8.34. The lowest BCUT2D eigenvalue weighted by molar-refractivity contribution is -0.141. The van der Waals surface area contributed by atoms with E-state index < -0.39 is 0 Å². The largest absolute Gasteiger partial charge is 0.469 e. The summed E-state index contributed by atoms with van der Waals surface area (Å²) in [4.78, 5) is 34.7. The molecule has 134 valence electrons. The second-order valence-electron chi connectivity index (χ2n) is 6.43. The van der Waals surface area contributed by atoms with E-state index in [1.165, 1.54) is 7.11 Å². The number of carbonyl (C=O) groups is 2. The standard InChI is InChI=1S/C17H23N5O3/c1-21-10-20-15-13(6-7-18-16(15)21)17(24)19-9-12-5-4-11(22(12)2)8-14(23)25-3/h6-7,10-12H,4-5,8-9H2,1-3H3,(H,19,24)/t11-,12+/m1/s1. The van der Waals surface area contributed by atoms with Crippen molar-refractivity contribution in [3.05, 3.63) is 24.2 Å². The van der Waals surface area contributed by atoms with E-state index in [1.807, 2.05) is 14.1 Å². The van der Waals surface area contributed by atoms with Gasteiger partial charge in [-0.05, 0) is 26.0 Å². The van der Waals surface area contributed by atoms with Gasteiger partial charge in [-0.25, -0.2) is 9.97 Å². The van der Waals surface area contributed by atoms with Crippen LogP contribution in [0.2, 0.25) is 0 Å². The highest BCUT2D eigenvalue weighted by Crippen LogP contribution is 2.24. The van der Waals surface area contributed by atoms with Crippen LogP contribution < -0.4 is 5.32 Å². The van der Waals surface area contributed by atoms with Crippen molar-refractivity contribution in [2.75, 3.05) is 20.7 Å². The van der Waals surface area contributed by atoms with Gasteiger partial charge >= 0.3 is 5.97 Å². The molecule has 8 heteroatoms. The lowest BCUT2D eigenvalue weighted by Gasteiger charge is -2.25. The maximum Gasteiger partial charge on any atom is 0.307 e. The highest BCUT2D eigenvalue weighted by molar-refractivity contribution is 6.03. The van der Waals surface area contributed by atoms with E-state index in [0.29, 0.717) is 29.7 Å². The number of nitrogens with one attached hydrogen (secondary N) is 1. The number of rotatable bonds is 5. The molecule has 1 fully saturated rings. The molecule has 0 radical (unpaired) electrons. The molecule has 1 saturated heterocycles. The van der Waals surface area contributed by atoms with Crippen LogP contribution in [0, 0.1) is 0 Å². The molecule has 0 unspecified atom stereocenters. The summed E-state index contributed by atoms with van der Waals surface area (Å²) < 4.78 is 6.53. The minimum absolute atomic E-state index is 0.157. The fraction of sp³-hybridized carbons (Fsp3) is 0.529. The Morgan fingerprint density at radius 1 is 1.28 bits per heavy atom. The number of pyridine rings is 1. The minimum Gasteiger partial charge on any atom is -0.469 e. The number of nitrogens with zero attached hydrogens (tertiary/aromatic N) is 4. The van der Waals surface area contributed by atoms with Gasteiger partial charge in [0, 0.05) is 31.9 Å². The van der Waals surface area contributed by atoms with Crippen LogP contribution in [0.25, 0.3) is 11.2 Å². The number of methoxy groups -OCH3 is 1. The number of fused-ring (bicyclic) bond motifs is 1. The topological polar surface area (TPSA) is 89.3 Å². The van der Waals surface area contributed by atoms with Gasteiger partial charge in [0.2, 0.25) is 0 Å². The van der Waals surface area contributed by atoms with Crippen LogP contribution in [-0.4, -0.2) is 64.1 Å². The van der Waals surface area contributed by atoms with Crippen molar-refractivity contribution >= 4 is 23.0 Å². The van der Waals surface area contributed by atoms with Crippen LogP contribution in [-0.2, 0) is 16.6 Å². The number of aromatic nitrogens is 3. The number of aryl methyl sites for hydroxylation is 1. The molecule has 0 aromatic carbocycles. The number of likely N-dealkylation sites (tertiary alicyclic amines) is 1. The molecule has 2 aromatic rings. The number of imidazole rings is 1. The molecule has 0 aliphatic carbocycles. The van der Waals surface area contributed by atoms with E-state index in [1.54, 1.807) is 23.2 Å². The summed E-state index contributed by atoms with van der Waals surface area (Å²) in [6.45, 7) is 0.531. The third kappa shape index (κ3) is 3.48. The summed E-state index contributed by atoms with van der Waals surface area (Å²) in [7, 11) is 5.24. The van der Waals surface area contributed by atoms with Crippen molar-refractivity contribution < 1.29 is 14.3 Å². The normalized spacial score (nSPS) is 20.8. The summed E-state index contributed by atoms with van der Waals surface area (Å²) in [6.07, 6.45) is 5.51. The molecular formula is C17H23N5O3. The third-order valence-electron chi connectivity index (χ3n) is 4.96. The van der Waals surface area contributed by atoms with E-state index in [4.69, 9.17) is 4.74 Å². The van der Waals surface area contributed by atoms with E-state index >= 15 is 0 Å². The summed E-state index contributed by atoms with van der Waals surface area (Å²) >= 11 is 0. The first-order valence-corrected chi connectivity index (χ1v) is 8.34. The molecule has 25 heavy (non-hydrogen) atoms. The van der Waals surface area contributed by atoms with Crippen LogP contribution in [0.4, 0.5) is 0 Å². The van der Waals surface area contributed by atoms with Gasteiger partial charge in [0.1, 0.15) is 5.52 Å². The summed E-state index contributed by atoms with van der Waals surface area (Å²) in [6, 6.07) is 2.06. The smallest absolute Gasteiger partial charge is 0.307 e. The van der Waals surface area contributed by atoms with Crippen LogP contribution in [0.3, 0.4) is 0 Å². The van der Waals surface area contributed by atoms with Crippen molar-refractivity contribution in [2.24, 2.45) is 7.05 Å². The highest BCUT2D eigenvalue weighted by atomic mass is 16.5. The molecule has 2 atom stereocenters. The fourth-order valence-electron chi connectivity index (χ4n) is 3.37.